The Hall–Kier alpha value is -4.59. The standard InChI is InChI=1S/C23H16N8/c24-16-8-15(11-26-12-16)13-3-4-18-17(9-13)21(31-30-18)23-28-19-5-7-27-20(22(19)29-23)14-2-1-6-25-10-14/h1-12H,24H2,(H,28,29)(H,30,31). The van der Waals surface area contributed by atoms with E-state index >= 15 is 0 Å². The first-order valence-electron chi connectivity index (χ1n) is 9.71. The lowest BCUT2D eigenvalue weighted by Gasteiger charge is -2.03. The van der Waals surface area contributed by atoms with Gasteiger partial charge in [-0.1, -0.05) is 6.07 Å². The molecule has 0 unspecified atom stereocenters. The van der Waals surface area contributed by atoms with Crippen LogP contribution in [0.15, 0.2) is 73.4 Å². The zero-order chi connectivity index (χ0) is 20.8. The molecule has 5 aromatic heterocycles. The Balaban J connectivity index is 1.51. The number of rotatable bonds is 3. The normalized spacial score (nSPS) is 11.4. The van der Waals surface area contributed by atoms with Crippen LogP contribution in [0.3, 0.4) is 0 Å². The fourth-order valence-corrected chi connectivity index (χ4v) is 3.75. The lowest BCUT2D eigenvalue weighted by atomic mass is 10.0. The summed E-state index contributed by atoms with van der Waals surface area (Å²) < 4.78 is 0. The first-order chi connectivity index (χ1) is 15.3. The molecule has 0 bridgehead atoms. The molecule has 6 aromatic rings. The fourth-order valence-electron chi connectivity index (χ4n) is 3.75. The van der Waals surface area contributed by atoms with Crippen molar-refractivity contribution >= 4 is 27.6 Å². The zero-order valence-corrected chi connectivity index (χ0v) is 16.2. The predicted octanol–water partition coefficient (Wildman–Crippen LogP) is 4.21. The van der Waals surface area contributed by atoms with Crippen LogP contribution in [-0.2, 0) is 0 Å². The van der Waals surface area contributed by atoms with E-state index in [4.69, 9.17) is 10.7 Å². The van der Waals surface area contributed by atoms with Gasteiger partial charge >= 0.3 is 0 Å². The molecule has 1 aromatic carbocycles. The maximum Gasteiger partial charge on any atom is 0.159 e. The molecule has 8 nitrogen and oxygen atoms in total. The zero-order valence-electron chi connectivity index (χ0n) is 16.2. The number of aromatic amines is 2. The van der Waals surface area contributed by atoms with Crippen molar-refractivity contribution in [3.05, 3.63) is 73.4 Å². The van der Waals surface area contributed by atoms with Gasteiger partial charge in [-0.15, -0.1) is 0 Å². The second-order valence-corrected chi connectivity index (χ2v) is 7.22. The highest BCUT2D eigenvalue weighted by Gasteiger charge is 2.16. The van der Waals surface area contributed by atoms with Crippen LogP contribution in [0.2, 0.25) is 0 Å². The topological polar surface area (TPSA) is 122 Å². The number of nitrogens with two attached hydrogens (primary N) is 1. The highest BCUT2D eigenvalue weighted by Crippen LogP contribution is 2.32. The molecule has 0 saturated carbocycles. The van der Waals surface area contributed by atoms with Crippen LogP contribution in [0.25, 0.3) is 55.8 Å². The molecule has 0 spiro atoms. The minimum atomic E-state index is 0.623. The minimum absolute atomic E-state index is 0.623. The quantitative estimate of drug-likeness (QED) is 0.406. The molecular formula is C23H16N8. The third kappa shape index (κ3) is 2.89. The summed E-state index contributed by atoms with van der Waals surface area (Å²) >= 11 is 0. The van der Waals surface area contributed by atoms with Crippen LogP contribution in [-0.4, -0.2) is 35.1 Å². The summed E-state index contributed by atoms with van der Waals surface area (Å²) in [5.74, 6) is 0.669. The van der Waals surface area contributed by atoms with E-state index in [9.17, 15) is 0 Å². The highest BCUT2D eigenvalue weighted by atomic mass is 15.1. The van der Waals surface area contributed by atoms with Gasteiger partial charge in [0.15, 0.2) is 5.82 Å². The van der Waals surface area contributed by atoms with E-state index in [0.29, 0.717) is 11.5 Å². The molecule has 0 amide bonds. The molecule has 6 rings (SSSR count). The molecule has 148 valence electrons. The Morgan fingerprint density at radius 1 is 0.774 bits per heavy atom. The number of nitrogens with zero attached hydrogens (tertiary/aromatic N) is 5. The lowest BCUT2D eigenvalue weighted by molar-refractivity contribution is 1.11. The Kier molecular flexibility index (Phi) is 3.76. The van der Waals surface area contributed by atoms with Crippen molar-refractivity contribution in [3.8, 4) is 33.9 Å². The number of imidazole rings is 1. The van der Waals surface area contributed by atoms with Gasteiger partial charge in [0.1, 0.15) is 11.2 Å². The van der Waals surface area contributed by atoms with Crippen molar-refractivity contribution < 1.29 is 0 Å². The third-order valence-electron chi connectivity index (χ3n) is 5.22. The average molecular weight is 404 g/mol. The highest BCUT2D eigenvalue weighted by molar-refractivity contribution is 5.97. The molecule has 31 heavy (non-hydrogen) atoms. The van der Waals surface area contributed by atoms with Crippen molar-refractivity contribution in [2.45, 2.75) is 0 Å². The fraction of sp³-hybridized carbons (Fsp3) is 0. The Labute approximate surface area is 176 Å². The van der Waals surface area contributed by atoms with Crippen molar-refractivity contribution in [1.82, 2.24) is 35.1 Å². The van der Waals surface area contributed by atoms with Gasteiger partial charge in [0.2, 0.25) is 0 Å². The molecule has 5 heterocycles. The molecule has 8 heteroatoms. The van der Waals surface area contributed by atoms with Gasteiger partial charge in [0, 0.05) is 47.5 Å². The molecule has 0 radical (unpaired) electrons. The number of aromatic nitrogens is 7. The summed E-state index contributed by atoms with van der Waals surface area (Å²) in [6.07, 6.45) is 8.72. The van der Waals surface area contributed by atoms with Crippen LogP contribution in [0.4, 0.5) is 5.69 Å². The summed E-state index contributed by atoms with van der Waals surface area (Å²) in [4.78, 5) is 21.1. The van der Waals surface area contributed by atoms with Crippen molar-refractivity contribution in [2.75, 3.05) is 5.73 Å². The summed E-state index contributed by atoms with van der Waals surface area (Å²) in [5.41, 5.74) is 13.5. The SMILES string of the molecule is Nc1cncc(-c2ccc3[nH]nc(-c4nc5c(-c6cccnc6)nccc5[nH]4)c3c2)c1. The molecule has 0 saturated heterocycles. The number of nitrogens with one attached hydrogen (secondary N) is 2. The number of hydrogen-bond donors (Lipinski definition) is 3. The third-order valence-corrected chi connectivity index (χ3v) is 5.22. The van der Waals surface area contributed by atoms with Gasteiger partial charge in [-0.2, -0.15) is 5.10 Å². The van der Waals surface area contributed by atoms with E-state index in [1.165, 1.54) is 0 Å². The minimum Gasteiger partial charge on any atom is -0.397 e. The molecule has 0 atom stereocenters. The first-order valence-corrected chi connectivity index (χ1v) is 9.71. The van der Waals surface area contributed by atoms with Crippen molar-refractivity contribution in [3.63, 3.8) is 0 Å². The number of H-pyrrole nitrogens is 2. The molecule has 0 aliphatic heterocycles. The van der Waals surface area contributed by atoms with E-state index in [1.807, 2.05) is 36.4 Å². The molecular weight excluding hydrogens is 388 g/mol. The van der Waals surface area contributed by atoms with Crippen LogP contribution in [0, 0.1) is 0 Å². The molecule has 0 aliphatic carbocycles. The number of nitrogen functional groups attached to an aromatic ring is 1. The van der Waals surface area contributed by atoms with Crippen molar-refractivity contribution in [2.24, 2.45) is 0 Å². The Bertz CT molecular complexity index is 1550. The van der Waals surface area contributed by atoms with E-state index in [-0.39, 0.29) is 0 Å². The lowest BCUT2D eigenvalue weighted by Crippen LogP contribution is -1.88. The first kappa shape index (κ1) is 17.3. The Morgan fingerprint density at radius 2 is 1.71 bits per heavy atom. The monoisotopic (exact) mass is 404 g/mol. The van der Waals surface area contributed by atoms with Crippen LogP contribution in [0.5, 0.6) is 0 Å². The Morgan fingerprint density at radius 3 is 2.58 bits per heavy atom. The van der Waals surface area contributed by atoms with Gasteiger partial charge in [-0.25, -0.2) is 4.98 Å². The summed E-state index contributed by atoms with van der Waals surface area (Å²) in [7, 11) is 0. The van der Waals surface area contributed by atoms with Crippen molar-refractivity contribution in [1.29, 1.82) is 0 Å². The van der Waals surface area contributed by atoms with E-state index < -0.39 is 0 Å². The number of benzene rings is 1. The van der Waals surface area contributed by atoms with Crippen LogP contribution in [0.1, 0.15) is 0 Å². The second kappa shape index (κ2) is 6.74. The summed E-state index contributed by atoms with van der Waals surface area (Å²) in [6.45, 7) is 0. The molecule has 0 fully saturated rings. The predicted molar refractivity (Wildman–Crippen MR) is 120 cm³/mol. The maximum atomic E-state index is 5.91. The summed E-state index contributed by atoms with van der Waals surface area (Å²) in [6, 6.07) is 13.7. The molecule has 4 N–H and O–H groups in total. The second-order valence-electron chi connectivity index (χ2n) is 7.22. The van der Waals surface area contributed by atoms with E-state index in [2.05, 4.69) is 36.2 Å². The molecule has 0 aliphatic rings. The maximum absolute atomic E-state index is 5.91. The van der Waals surface area contributed by atoms with E-state index in [1.54, 1.807) is 31.0 Å². The van der Waals surface area contributed by atoms with Gasteiger partial charge in [-0.05, 0) is 42.0 Å². The van der Waals surface area contributed by atoms with Gasteiger partial charge in [0.25, 0.3) is 0 Å². The van der Waals surface area contributed by atoms with E-state index in [0.717, 1.165) is 50.0 Å². The smallest absolute Gasteiger partial charge is 0.159 e. The average Bonchev–Trinajstić information content (AvgIpc) is 3.43. The number of hydrogen-bond acceptors (Lipinski definition) is 6. The van der Waals surface area contributed by atoms with Crippen LogP contribution >= 0.6 is 0 Å². The van der Waals surface area contributed by atoms with Crippen LogP contribution < -0.4 is 5.73 Å². The summed E-state index contributed by atoms with van der Waals surface area (Å²) in [5, 5.41) is 8.57. The number of anilines is 1. The largest absolute Gasteiger partial charge is 0.397 e. The van der Waals surface area contributed by atoms with Gasteiger partial charge in [-0.3, -0.25) is 20.1 Å². The number of fused-ring (bicyclic) bond motifs is 2. The number of pyridine rings is 3. The van der Waals surface area contributed by atoms with Gasteiger partial charge < -0.3 is 10.7 Å². The van der Waals surface area contributed by atoms with Gasteiger partial charge in [0.05, 0.1) is 22.4 Å².